The van der Waals surface area contributed by atoms with Gasteiger partial charge in [0.1, 0.15) is 5.60 Å². The lowest BCUT2D eigenvalue weighted by Gasteiger charge is -2.46. The summed E-state index contributed by atoms with van der Waals surface area (Å²) in [6.07, 6.45) is -0.224. The van der Waals surface area contributed by atoms with Crippen molar-refractivity contribution in [3.05, 3.63) is 33.8 Å². The molecule has 1 aliphatic rings. The molecular weight excluding hydrogens is 354 g/mol. The van der Waals surface area contributed by atoms with E-state index in [0.29, 0.717) is 12.5 Å². The van der Waals surface area contributed by atoms with E-state index in [2.05, 4.69) is 61.8 Å². The van der Waals surface area contributed by atoms with E-state index in [4.69, 9.17) is 4.74 Å². The third-order valence-corrected chi connectivity index (χ3v) is 4.72. The first-order chi connectivity index (χ1) is 10.4. The number of ether oxygens (including phenoxy) is 1. The minimum atomic E-state index is -0.483. The summed E-state index contributed by atoms with van der Waals surface area (Å²) in [5.41, 5.74) is 1.94. The third kappa shape index (κ3) is 3.90. The molecule has 0 aromatic heterocycles. The van der Waals surface area contributed by atoms with Crippen molar-refractivity contribution in [1.29, 1.82) is 0 Å². The van der Waals surface area contributed by atoms with Crippen molar-refractivity contribution < 1.29 is 9.53 Å². The molecule has 1 amide bonds. The van der Waals surface area contributed by atoms with Crippen molar-refractivity contribution in [3.8, 4) is 0 Å². The van der Waals surface area contributed by atoms with E-state index in [-0.39, 0.29) is 17.6 Å². The van der Waals surface area contributed by atoms with Gasteiger partial charge in [0.15, 0.2) is 0 Å². The second-order valence-electron chi connectivity index (χ2n) is 8.41. The monoisotopic (exact) mass is 381 g/mol. The van der Waals surface area contributed by atoms with Crippen LogP contribution in [0.25, 0.3) is 0 Å². The second kappa shape index (κ2) is 6.12. The maximum Gasteiger partial charge on any atom is 0.410 e. The fraction of sp³-hybridized carbons (Fsp3) is 0.632. The van der Waals surface area contributed by atoms with Gasteiger partial charge >= 0.3 is 6.09 Å². The Bertz CT molecular complexity index is 602. The highest BCUT2D eigenvalue weighted by molar-refractivity contribution is 9.10. The van der Waals surface area contributed by atoms with Crippen LogP contribution in [0.3, 0.4) is 0 Å². The Kier molecular flexibility index (Phi) is 4.87. The molecule has 1 unspecified atom stereocenters. The van der Waals surface area contributed by atoms with Crippen molar-refractivity contribution in [2.75, 3.05) is 6.54 Å². The Balaban J connectivity index is 2.49. The van der Waals surface area contributed by atoms with E-state index >= 15 is 0 Å². The van der Waals surface area contributed by atoms with Crippen molar-refractivity contribution in [2.45, 2.75) is 65.5 Å². The number of amides is 1. The number of carbonyl (C=O) groups excluding carboxylic acids is 1. The Morgan fingerprint density at radius 3 is 2.48 bits per heavy atom. The predicted molar refractivity (Wildman–Crippen MR) is 97.7 cm³/mol. The van der Waals surface area contributed by atoms with Gasteiger partial charge in [-0.15, -0.1) is 0 Å². The molecule has 1 aromatic rings. The summed E-state index contributed by atoms with van der Waals surface area (Å²) in [6.45, 7) is 15.1. The summed E-state index contributed by atoms with van der Waals surface area (Å²) in [5, 5.41) is 0. The molecule has 0 spiro atoms. The predicted octanol–water partition coefficient (Wildman–Crippen LogP) is 5.67. The van der Waals surface area contributed by atoms with Crippen LogP contribution in [0.5, 0.6) is 0 Å². The van der Waals surface area contributed by atoms with Crippen LogP contribution in [-0.2, 0) is 10.2 Å². The van der Waals surface area contributed by atoms with Crippen molar-refractivity contribution in [1.82, 2.24) is 4.90 Å². The molecule has 0 N–H and O–H groups in total. The van der Waals surface area contributed by atoms with Crippen molar-refractivity contribution in [2.24, 2.45) is 5.92 Å². The summed E-state index contributed by atoms with van der Waals surface area (Å²) in [6, 6.07) is 6.43. The van der Waals surface area contributed by atoms with Crippen LogP contribution in [0.15, 0.2) is 22.7 Å². The Hall–Kier alpha value is -1.03. The normalized spacial score (nSPS) is 20.4. The zero-order chi connectivity index (χ0) is 17.6. The summed E-state index contributed by atoms with van der Waals surface area (Å²) < 4.78 is 6.75. The fourth-order valence-corrected chi connectivity index (χ4v) is 3.73. The molecule has 1 aliphatic heterocycles. The van der Waals surface area contributed by atoms with Crippen LogP contribution >= 0.6 is 15.9 Å². The van der Waals surface area contributed by atoms with Crippen LogP contribution in [0.1, 0.15) is 65.6 Å². The topological polar surface area (TPSA) is 29.5 Å². The summed E-state index contributed by atoms with van der Waals surface area (Å²) in [7, 11) is 0. The van der Waals surface area contributed by atoms with Crippen LogP contribution in [-0.4, -0.2) is 23.1 Å². The lowest BCUT2D eigenvalue weighted by atomic mass is 9.73. The van der Waals surface area contributed by atoms with Crippen LogP contribution < -0.4 is 0 Å². The molecular formula is C19H28BrNO2. The minimum Gasteiger partial charge on any atom is -0.444 e. The first-order valence-corrected chi connectivity index (χ1v) is 9.01. The van der Waals surface area contributed by atoms with Gasteiger partial charge in [-0.2, -0.15) is 0 Å². The molecule has 0 fully saturated rings. The van der Waals surface area contributed by atoms with Gasteiger partial charge < -0.3 is 9.64 Å². The van der Waals surface area contributed by atoms with Crippen LogP contribution in [0.4, 0.5) is 4.79 Å². The molecule has 2 rings (SSSR count). The molecule has 1 atom stereocenters. The van der Waals surface area contributed by atoms with Gasteiger partial charge in [-0.1, -0.05) is 49.7 Å². The number of benzene rings is 1. The molecule has 4 heteroatoms. The number of fused-ring (bicyclic) bond motifs is 1. The molecule has 3 nitrogen and oxygen atoms in total. The van der Waals surface area contributed by atoms with E-state index in [1.807, 2.05) is 25.7 Å². The van der Waals surface area contributed by atoms with Gasteiger partial charge in [0.05, 0.1) is 6.04 Å². The van der Waals surface area contributed by atoms with E-state index in [1.54, 1.807) is 0 Å². The van der Waals surface area contributed by atoms with Crippen molar-refractivity contribution >= 4 is 22.0 Å². The average molecular weight is 382 g/mol. The number of halogens is 1. The number of nitrogens with zero attached hydrogens (tertiary/aromatic N) is 1. The molecule has 23 heavy (non-hydrogen) atoms. The highest BCUT2D eigenvalue weighted by atomic mass is 79.9. The van der Waals surface area contributed by atoms with Gasteiger partial charge in [-0.05, 0) is 49.9 Å². The molecule has 0 aliphatic carbocycles. The molecule has 0 radical (unpaired) electrons. The van der Waals surface area contributed by atoms with Crippen molar-refractivity contribution in [3.63, 3.8) is 0 Å². The Morgan fingerprint density at radius 2 is 1.96 bits per heavy atom. The lowest BCUT2D eigenvalue weighted by Crippen LogP contribution is -2.50. The SMILES string of the molecule is CC(C)C1c2ccc(Br)cc2C(C)(C)CN1C(=O)OC(C)(C)C. The zero-order valence-electron chi connectivity index (χ0n) is 15.2. The maximum atomic E-state index is 12.8. The van der Waals surface area contributed by atoms with E-state index in [0.717, 1.165) is 4.47 Å². The van der Waals surface area contributed by atoms with Gasteiger partial charge in [0.2, 0.25) is 0 Å². The number of carbonyl (C=O) groups is 1. The number of rotatable bonds is 1. The van der Waals surface area contributed by atoms with E-state index < -0.39 is 5.60 Å². The maximum absolute atomic E-state index is 12.8. The smallest absolute Gasteiger partial charge is 0.410 e. The first-order valence-electron chi connectivity index (χ1n) is 8.22. The highest BCUT2D eigenvalue weighted by Gasteiger charge is 2.42. The minimum absolute atomic E-state index is 0.0426. The number of hydrogen-bond donors (Lipinski definition) is 0. The molecule has 1 heterocycles. The Labute approximate surface area is 148 Å². The molecule has 0 bridgehead atoms. The molecule has 0 saturated heterocycles. The van der Waals surface area contributed by atoms with Gasteiger partial charge in [-0.3, -0.25) is 0 Å². The number of hydrogen-bond acceptors (Lipinski definition) is 2. The van der Waals surface area contributed by atoms with Crippen LogP contribution in [0, 0.1) is 5.92 Å². The van der Waals surface area contributed by atoms with Crippen LogP contribution in [0.2, 0.25) is 0 Å². The lowest BCUT2D eigenvalue weighted by molar-refractivity contribution is 0.00185. The molecule has 128 valence electrons. The Morgan fingerprint density at radius 1 is 1.35 bits per heavy atom. The standard InChI is InChI=1S/C19H28BrNO2/c1-12(2)16-14-9-8-13(20)10-15(14)19(6,7)11-21(16)17(22)23-18(3,4)5/h8-10,12,16H,11H2,1-7H3. The highest BCUT2D eigenvalue weighted by Crippen LogP contribution is 2.44. The average Bonchev–Trinajstić information content (AvgIpc) is 2.36. The first kappa shape index (κ1) is 18.3. The zero-order valence-corrected chi connectivity index (χ0v) is 16.8. The van der Waals surface area contributed by atoms with E-state index in [1.165, 1.54) is 11.1 Å². The van der Waals surface area contributed by atoms with Gasteiger partial charge in [0, 0.05) is 16.4 Å². The summed E-state index contributed by atoms with van der Waals surface area (Å²) in [4.78, 5) is 14.7. The van der Waals surface area contributed by atoms with Gasteiger partial charge in [-0.25, -0.2) is 4.79 Å². The van der Waals surface area contributed by atoms with Gasteiger partial charge in [0.25, 0.3) is 0 Å². The quantitative estimate of drug-likeness (QED) is 0.626. The molecule has 1 aromatic carbocycles. The molecule has 0 saturated carbocycles. The fourth-order valence-electron chi connectivity index (χ4n) is 3.37. The van der Waals surface area contributed by atoms with E-state index in [9.17, 15) is 4.79 Å². The summed E-state index contributed by atoms with van der Waals surface area (Å²) in [5.74, 6) is 0.318. The second-order valence-corrected chi connectivity index (χ2v) is 9.33. The third-order valence-electron chi connectivity index (χ3n) is 4.22. The largest absolute Gasteiger partial charge is 0.444 e. The summed E-state index contributed by atoms with van der Waals surface area (Å²) >= 11 is 3.58.